The van der Waals surface area contributed by atoms with E-state index < -0.39 is 0 Å². The first kappa shape index (κ1) is 20.5. The maximum Gasteiger partial charge on any atom is 0.272 e. The van der Waals surface area contributed by atoms with Gasteiger partial charge in [-0.25, -0.2) is 4.98 Å². The van der Waals surface area contributed by atoms with Gasteiger partial charge in [-0.05, 0) is 55.2 Å². The third kappa shape index (κ3) is 4.56. The van der Waals surface area contributed by atoms with Gasteiger partial charge in [0.15, 0.2) is 0 Å². The van der Waals surface area contributed by atoms with Crippen LogP contribution in [0.2, 0.25) is 0 Å². The molecule has 4 aromatic rings. The number of hydrogen-bond acceptors (Lipinski definition) is 3. The fourth-order valence-corrected chi connectivity index (χ4v) is 3.74. The number of amides is 1. The number of nitrogens with one attached hydrogen (secondary N) is 1. The van der Waals surface area contributed by atoms with Gasteiger partial charge in [0.2, 0.25) is 0 Å². The Morgan fingerprint density at radius 2 is 1.71 bits per heavy atom. The second-order valence-electron chi connectivity index (χ2n) is 7.71. The van der Waals surface area contributed by atoms with Crippen molar-refractivity contribution in [2.75, 3.05) is 6.54 Å². The molecule has 4 rings (SSSR count). The van der Waals surface area contributed by atoms with Crippen molar-refractivity contribution in [3.05, 3.63) is 111 Å². The normalized spacial score (nSPS) is 10.9. The van der Waals surface area contributed by atoms with Crippen LogP contribution in [0.4, 0.5) is 0 Å². The number of benzene rings is 3. The molecule has 5 heteroatoms. The van der Waals surface area contributed by atoms with E-state index in [1.807, 2.05) is 48.5 Å². The molecule has 0 unspecified atom stereocenters. The number of nitrogens with zero attached hydrogens (tertiary/aromatic N) is 2. The highest BCUT2D eigenvalue weighted by Crippen LogP contribution is 2.15. The molecule has 0 bridgehead atoms. The molecule has 1 amide bonds. The average molecular weight is 412 g/mol. The van der Waals surface area contributed by atoms with Gasteiger partial charge in [0, 0.05) is 12.1 Å². The first-order valence-electron chi connectivity index (χ1n) is 10.4. The van der Waals surface area contributed by atoms with Gasteiger partial charge in [0.05, 0.1) is 17.6 Å². The minimum Gasteiger partial charge on any atom is -0.352 e. The van der Waals surface area contributed by atoms with Crippen molar-refractivity contribution < 1.29 is 4.79 Å². The second-order valence-corrected chi connectivity index (χ2v) is 7.71. The maximum atomic E-state index is 12.7. The number of aryl methyl sites for hydroxylation is 2. The first-order chi connectivity index (χ1) is 15.0. The number of rotatable bonds is 6. The Morgan fingerprint density at radius 3 is 2.48 bits per heavy atom. The summed E-state index contributed by atoms with van der Waals surface area (Å²) in [5.41, 5.74) is 5.67. The van der Waals surface area contributed by atoms with E-state index in [9.17, 15) is 9.59 Å². The van der Waals surface area contributed by atoms with Crippen molar-refractivity contribution in [1.82, 2.24) is 14.9 Å². The van der Waals surface area contributed by atoms with Crippen LogP contribution in [0.25, 0.3) is 11.0 Å². The predicted octanol–water partition coefficient (Wildman–Crippen LogP) is 4.03. The molecule has 0 saturated carbocycles. The molecular formula is C26H25N3O2. The van der Waals surface area contributed by atoms with Crippen LogP contribution >= 0.6 is 0 Å². The van der Waals surface area contributed by atoms with Crippen molar-refractivity contribution >= 4 is 16.9 Å². The molecule has 0 spiro atoms. The molecule has 156 valence electrons. The summed E-state index contributed by atoms with van der Waals surface area (Å²) in [6.45, 7) is 4.80. The molecule has 0 aliphatic carbocycles. The van der Waals surface area contributed by atoms with E-state index in [4.69, 9.17) is 0 Å². The third-order valence-corrected chi connectivity index (χ3v) is 5.50. The minimum atomic E-state index is -0.143. The lowest BCUT2D eigenvalue weighted by Crippen LogP contribution is -2.27. The van der Waals surface area contributed by atoms with E-state index in [-0.39, 0.29) is 11.5 Å². The fourth-order valence-electron chi connectivity index (χ4n) is 3.74. The van der Waals surface area contributed by atoms with Gasteiger partial charge < -0.3 is 9.88 Å². The van der Waals surface area contributed by atoms with Crippen LogP contribution in [0, 0.1) is 13.8 Å². The van der Waals surface area contributed by atoms with E-state index in [1.165, 1.54) is 11.1 Å². The number of hydrogen-bond donors (Lipinski definition) is 1. The van der Waals surface area contributed by atoms with Gasteiger partial charge >= 0.3 is 0 Å². The molecule has 0 aliphatic rings. The van der Waals surface area contributed by atoms with Crippen molar-refractivity contribution in [2.45, 2.75) is 26.8 Å². The van der Waals surface area contributed by atoms with Gasteiger partial charge in [0.25, 0.3) is 11.5 Å². The van der Waals surface area contributed by atoms with Crippen LogP contribution < -0.4 is 10.9 Å². The average Bonchev–Trinajstić information content (AvgIpc) is 2.78. The lowest BCUT2D eigenvalue weighted by atomic mass is 10.1. The second kappa shape index (κ2) is 8.96. The van der Waals surface area contributed by atoms with Crippen molar-refractivity contribution in [2.24, 2.45) is 0 Å². The van der Waals surface area contributed by atoms with Crippen LogP contribution in [0.15, 0.2) is 77.6 Å². The number of aromatic nitrogens is 2. The summed E-state index contributed by atoms with van der Waals surface area (Å²) < 4.78 is 1.72. The molecule has 5 nitrogen and oxygen atoms in total. The van der Waals surface area contributed by atoms with E-state index in [0.717, 1.165) is 17.5 Å². The summed E-state index contributed by atoms with van der Waals surface area (Å²) >= 11 is 0. The van der Waals surface area contributed by atoms with Crippen LogP contribution in [-0.2, 0) is 13.0 Å². The molecule has 1 N–H and O–H groups in total. The molecule has 1 heterocycles. The van der Waals surface area contributed by atoms with Gasteiger partial charge in [0.1, 0.15) is 5.69 Å². The molecule has 31 heavy (non-hydrogen) atoms. The lowest BCUT2D eigenvalue weighted by molar-refractivity contribution is 0.0954. The monoisotopic (exact) mass is 411 g/mol. The van der Waals surface area contributed by atoms with Crippen molar-refractivity contribution in [3.63, 3.8) is 0 Å². The highest BCUT2D eigenvalue weighted by Gasteiger charge is 2.12. The molecular weight excluding hydrogens is 386 g/mol. The fraction of sp³-hybridized carbons (Fsp3) is 0.192. The van der Waals surface area contributed by atoms with Gasteiger partial charge in [-0.2, -0.15) is 0 Å². The lowest BCUT2D eigenvalue weighted by Gasteiger charge is -2.13. The predicted molar refractivity (Wildman–Crippen MR) is 124 cm³/mol. The Morgan fingerprint density at radius 1 is 0.968 bits per heavy atom. The van der Waals surface area contributed by atoms with E-state index in [2.05, 4.69) is 29.4 Å². The summed E-state index contributed by atoms with van der Waals surface area (Å²) in [7, 11) is 0. The largest absolute Gasteiger partial charge is 0.352 e. The minimum absolute atomic E-state index is 0.119. The van der Waals surface area contributed by atoms with Crippen LogP contribution in [0.5, 0.6) is 0 Å². The summed E-state index contributed by atoms with van der Waals surface area (Å²) in [5, 5.41) is 2.98. The molecule has 0 atom stereocenters. The van der Waals surface area contributed by atoms with Gasteiger partial charge in [-0.15, -0.1) is 0 Å². The molecule has 3 aromatic carbocycles. The third-order valence-electron chi connectivity index (χ3n) is 5.50. The molecule has 0 aliphatic heterocycles. The zero-order chi connectivity index (χ0) is 21.8. The number of carbonyl (C=O) groups excluding carboxylic acids is 1. The highest BCUT2D eigenvalue weighted by atomic mass is 16.1. The van der Waals surface area contributed by atoms with Gasteiger partial charge in [-0.1, -0.05) is 54.6 Å². The first-order valence-corrected chi connectivity index (χ1v) is 10.4. The Bertz CT molecular complexity index is 1290. The summed E-state index contributed by atoms with van der Waals surface area (Å²) in [5.74, 6) is -0.143. The van der Waals surface area contributed by atoms with E-state index in [0.29, 0.717) is 29.9 Å². The summed E-state index contributed by atoms with van der Waals surface area (Å²) in [6, 6.07) is 23.3. The Balaban J connectivity index is 1.56. The highest BCUT2D eigenvalue weighted by molar-refractivity contribution is 5.97. The summed E-state index contributed by atoms with van der Waals surface area (Å²) in [6.07, 6.45) is 0.778. The zero-order valence-corrected chi connectivity index (χ0v) is 17.8. The van der Waals surface area contributed by atoms with Gasteiger partial charge in [-0.3, -0.25) is 9.59 Å². The molecule has 0 radical (unpaired) electrons. The smallest absolute Gasteiger partial charge is 0.272 e. The topological polar surface area (TPSA) is 64.0 Å². The maximum absolute atomic E-state index is 12.7. The Hall–Kier alpha value is -3.73. The quantitative estimate of drug-likeness (QED) is 0.521. The van der Waals surface area contributed by atoms with Crippen molar-refractivity contribution in [1.29, 1.82) is 0 Å². The Labute approximate surface area is 181 Å². The molecule has 0 fully saturated rings. The van der Waals surface area contributed by atoms with Crippen LogP contribution in [-0.4, -0.2) is 22.0 Å². The number of fused-ring (bicyclic) bond motifs is 1. The summed E-state index contributed by atoms with van der Waals surface area (Å²) in [4.78, 5) is 29.9. The van der Waals surface area contributed by atoms with Crippen molar-refractivity contribution in [3.8, 4) is 0 Å². The van der Waals surface area contributed by atoms with Crippen LogP contribution in [0.1, 0.15) is 32.7 Å². The molecule has 1 aromatic heterocycles. The Kier molecular flexibility index (Phi) is 5.94. The number of carbonyl (C=O) groups is 1. The molecule has 0 saturated heterocycles. The van der Waals surface area contributed by atoms with E-state index in [1.54, 1.807) is 23.6 Å². The SMILES string of the molecule is Cc1ccccc1CCNC(=O)c1ccc2c(c1)nc(C)c(=O)n2Cc1ccccc1. The standard InChI is InChI=1S/C26H25N3O2/c1-18-8-6-7-11-21(18)14-15-27-25(30)22-12-13-24-23(16-22)28-19(2)26(31)29(24)17-20-9-4-3-5-10-20/h3-13,16H,14-15,17H2,1-2H3,(H,27,30). The van der Waals surface area contributed by atoms with E-state index >= 15 is 0 Å². The van der Waals surface area contributed by atoms with Crippen LogP contribution in [0.3, 0.4) is 0 Å². The zero-order valence-electron chi connectivity index (χ0n) is 17.8.